The number of thiazole rings is 1. The highest BCUT2D eigenvalue weighted by Crippen LogP contribution is 2.23. The van der Waals surface area contributed by atoms with Crippen LogP contribution in [0.15, 0.2) is 35.4 Å². The van der Waals surface area contributed by atoms with E-state index in [0.717, 1.165) is 11.3 Å². The third-order valence-corrected chi connectivity index (χ3v) is 4.87. The van der Waals surface area contributed by atoms with Crippen molar-refractivity contribution in [1.29, 1.82) is 0 Å². The number of hydrogen-bond donors (Lipinski definition) is 2. The van der Waals surface area contributed by atoms with E-state index >= 15 is 0 Å². The average Bonchev–Trinajstić information content (AvgIpc) is 2.84. The summed E-state index contributed by atoms with van der Waals surface area (Å²) in [5.74, 6) is -0.449. The number of nitrogens with zero attached hydrogens (tertiary/aromatic N) is 1. The van der Waals surface area contributed by atoms with Gasteiger partial charge in [0.2, 0.25) is 0 Å². The number of anilines is 1. The predicted octanol–water partition coefficient (Wildman–Crippen LogP) is 1.58. The highest BCUT2D eigenvalue weighted by molar-refractivity contribution is 7.93. The SMILES string of the molecule is COc1ccc(S(=O)(=O)Nc2ncc(CC(=O)O)s2)cc1. The van der Waals surface area contributed by atoms with E-state index in [0.29, 0.717) is 10.6 Å². The summed E-state index contributed by atoms with van der Waals surface area (Å²) in [4.78, 5) is 15.0. The van der Waals surface area contributed by atoms with Crippen LogP contribution in [0, 0.1) is 0 Å². The van der Waals surface area contributed by atoms with E-state index in [9.17, 15) is 13.2 Å². The number of methoxy groups -OCH3 is 1. The normalized spacial score (nSPS) is 11.1. The Kier molecular flexibility index (Phi) is 4.43. The van der Waals surface area contributed by atoms with Gasteiger partial charge in [-0.3, -0.25) is 9.52 Å². The van der Waals surface area contributed by atoms with Crippen molar-refractivity contribution in [1.82, 2.24) is 4.98 Å². The Morgan fingerprint density at radius 1 is 1.38 bits per heavy atom. The molecule has 0 aliphatic rings. The van der Waals surface area contributed by atoms with Gasteiger partial charge in [-0.25, -0.2) is 13.4 Å². The molecule has 9 heteroatoms. The molecular weight excluding hydrogens is 316 g/mol. The lowest BCUT2D eigenvalue weighted by atomic mass is 10.3. The van der Waals surface area contributed by atoms with Gasteiger partial charge in [0.25, 0.3) is 10.0 Å². The molecule has 0 unspecified atom stereocenters. The van der Waals surface area contributed by atoms with E-state index < -0.39 is 16.0 Å². The van der Waals surface area contributed by atoms with Gasteiger partial charge in [-0.2, -0.15) is 0 Å². The van der Waals surface area contributed by atoms with Gasteiger partial charge in [0.15, 0.2) is 5.13 Å². The van der Waals surface area contributed by atoms with Gasteiger partial charge in [0.1, 0.15) is 5.75 Å². The molecule has 7 nitrogen and oxygen atoms in total. The Balaban J connectivity index is 2.16. The van der Waals surface area contributed by atoms with Crippen LogP contribution in [-0.4, -0.2) is 31.6 Å². The maximum atomic E-state index is 12.1. The lowest BCUT2D eigenvalue weighted by molar-refractivity contribution is -0.136. The molecule has 1 heterocycles. The topological polar surface area (TPSA) is 106 Å². The van der Waals surface area contributed by atoms with E-state index in [4.69, 9.17) is 9.84 Å². The summed E-state index contributed by atoms with van der Waals surface area (Å²) in [6, 6.07) is 5.89. The van der Waals surface area contributed by atoms with Crippen LogP contribution in [0.1, 0.15) is 4.88 Å². The molecule has 0 aliphatic carbocycles. The molecular formula is C12H12N2O5S2. The second-order valence-electron chi connectivity index (χ2n) is 3.98. The Labute approximate surface area is 125 Å². The van der Waals surface area contributed by atoms with E-state index in [2.05, 4.69) is 9.71 Å². The van der Waals surface area contributed by atoms with Crippen LogP contribution in [-0.2, 0) is 21.2 Å². The number of nitrogens with one attached hydrogen (secondary N) is 1. The molecule has 0 aliphatic heterocycles. The zero-order valence-corrected chi connectivity index (χ0v) is 12.6. The molecule has 2 aromatic rings. The van der Waals surface area contributed by atoms with E-state index in [-0.39, 0.29) is 16.4 Å². The third-order valence-electron chi connectivity index (χ3n) is 2.47. The molecule has 0 amide bonds. The van der Waals surface area contributed by atoms with Crippen molar-refractivity contribution in [3.63, 3.8) is 0 Å². The van der Waals surface area contributed by atoms with Crippen LogP contribution in [0.5, 0.6) is 5.75 Å². The molecule has 1 aromatic heterocycles. The number of carboxylic acid groups (broad SMARTS) is 1. The van der Waals surface area contributed by atoms with Gasteiger partial charge in [-0.15, -0.1) is 11.3 Å². The molecule has 1 aromatic carbocycles. The minimum absolute atomic E-state index is 0.0679. The Morgan fingerprint density at radius 3 is 2.62 bits per heavy atom. The third kappa shape index (κ3) is 3.92. The number of hydrogen-bond acceptors (Lipinski definition) is 6. The molecule has 0 bridgehead atoms. The number of carbonyl (C=O) groups is 1. The summed E-state index contributed by atoms with van der Waals surface area (Å²) < 4.78 is 31.5. The van der Waals surface area contributed by atoms with Crippen LogP contribution in [0.4, 0.5) is 5.13 Å². The number of aliphatic carboxylic acids is 1. The molecule has 2 N–H and O–H groups in total. The quantitative estimate of drug-likeness (QED) is 0.834. The highest BCUT2D eigenvalue weighted by Gasteiger charge is 2.16. The molecule has 0 saturated carbocycles. The Bertz CT molecular complexity index is 737. The molecule has 0 saturated heterocycles. The van der Waals surface area contributed by atoms with Crippen molar-refractivity contribution in [3.05, 3.63) is 35.3 Å². The summed E-state index contributed by atoms with van der Waals surface area (Å²) in [6.45, 7) is 0. The average molecular weight is 328 g/mol. The van der Waals surface area contributed by atoms with Crippen LogP contribution in [0.2, 0.25) is 0 Å². The van der Waals surface area contributed by atoms with Gasteiger partial charge in [0.05, 0.1) is 18.4 Å². The molecule has 2 rings (SSSR count). The largest absolute Gasteiger partial charge is 0.497 e. The summed E-state index contributed by atoms with van der Waals surface area (Å²) >= 11 is 0.983. The second-order valence-corrected chi connectivity index (χ2v) is 6.78. The smallest absolute Gasteiger partial charge is 0.308 e. The van der Waals surface area contributed by atoms with Gasteiger partial charge in [0, 0.05) is 11.1 Å². The van der Waals surface area contributed by atoms with Gasteiger partial charge < -0.3 is 9.84 Å². The van der Waals surface area contributed by atoms with Crippen molar-refractivity contribution in [2.45, 2.75) is 11.3 Å². The standard InChI is InChI=1S/C12H12N2O5S2/c1-19-8-2-4-10(5-3-8)21(17,18)14-12-13-7-9(20-12)6-11(15)16/h2-5,7H,6H2,1H3,(H,13,14)(H,15,16). The molecule has 0 atom stereocenters. The number of sulfonamides is 1. The predicted molar refractivity (Wildman–Crippen MR) is 77.3 cm³/mol. The van der Waals surface area contributed by atoms with E-state index in [1.165, 1.54) is 37.6 Å². The lowest BCUT2D eigenvalue weighted by Crippen LogP contribution is -2.12. The molecule has 21 heavy (non-hydrogen) atoms. The minimum atomic E-state index is -3.76. The molecule has 112 valence electrons. The van der Waals surface area contributed by atoms with E-state index in [1.54, 1.807) is 0 Å². The van der Waals surface area contributed by atoms with Crippen molar-refractivity contribution in [2.24, 2.45) is 0 Å². The van der Waals surface area contributed by atoms with Crippen molar-refractivity contribution < 1.29 is 23.1 Å². The highest BCUT2D eigenvalue weighted by atomic mass is 32.2. The number of carboxylic acids is 1. The summed E-state index contributed by atoms with van der Waals surface area (Å²) in [5.41, 5.74) is 0. The van der Waals surface area contributed by atoms with Crippen LogP contribution in [0.3, 0.4) is 0 Å². The van der Waals surface area contributed by atoms with Gasteiger partial charge in [-0.05, 0) is 24.3 Å². The van der Waals surface area contributed by atoms with Crippen molar-refractivity contribution >= 4 is 32.5 Å². The zero-order chi connectivity index (χ0) is 15.5. The summed E-state index contributed by atoms with van der Waals surface area (Å²) in [7, 11) is -2.27. The Hall–Kier alpha value is -2.13. The van der Waals surface area contributed by atoms with Gasteiger partial charge >= 0.3 is 5.97 Å². The fraction of sp³-hybridized carbons (Fsp3) is 0.167. The summed E-state index contributed by atoms with van der Waals surface area (Å²) in [6.07, 6.45) is 1.15. The van der Waals surface area contributed by atoms with E-state index in [1.807, 2.05) is 0 Å². The number of benzene rings is 1. The lowest BCUT2D eigenvalue weighted by Gasteiger charge is -2.05. The molecule has 0 fully saturated rings. The maximum absolute atomic E-state index is 12.1. The van der Waals surface area contributed by atoms with Crippen molar-refractivity contribution in [3.8, 4) is 5.75 Å². The summed E-state index contributed by atoms with van der Waals surface area (Å²) in [5, 5.41) is 8.79. The van der Waals surface area contributed by atoms with Crippen molar-refractivity contribution in [2.75, 3.05) is 11.8 Å². The number of aromatic nitrogens is 1. The van der Waals surface area contributed by atoms with Crippen LogP contribution < -0.4 is 9.46 Å². The second kappa shape index (κ2) is 6.10. The first-order valence-electron chi connectivity index (χ1n) is 5.74. The fourth-order valence-corrected chi connectivity index (χ4v) is 3.56. The minimum Gasteiger partial charge on any atom is -0.497 e. The van der Waals surface area contributed by atoms with Gasteiger partial charge in [-0.1, -0.05) is 0 Å². The monoisotopic (exact) mass is 328 g/mol. The first kappa shape index (κ1) is 15.3. The number of rotatable bonds is 6. The van der Waals surface area contributed by atoms with Crippen LogP contribution >= 0.6 is 11.3 Å². The molecule has 0 radical (unpaired) electrons. The molecule has 0 spiro atoms. The number of ether oxygens (including phenoxy) is 1. The fourth-order valence-electron chi connectivity index (χ4n) is 1.51. The van der Waals surface area contributed by atoms with Crippen LogP contribution in [0.25, 0.3) is 0 Å². The first-order chi connectivity index (χ1) is 9.90. The first-order valence-corrected chi connectivity index (χ1v) is 8.04. The maximum Gasteiger partial charge on any atom is 0.308 e. The Morgan fingerprint density at radius 2 is 2.05 bits per heavy atom. The zero-order valence-electron chi connectivity index (χ0n) is 10.9.